The molecule has 0 aliphatic heterocycles. The van der Waals surface area contributed by atoms with Gasteiger partial charge in [-0.15, -0.1) is 0 Å². The van der Waals surface area contributed by atoms with Crippen molar-refractivity contribution >= 4 is 16.8 Å². The summed E-state index contributed by atoms with van der Waals surface area (Å²) in [4.78, 5) is 0. The predicted molar refractivity (Wildman–Crippen MR) is 120 cm³/mol. The normalized spacial score (nSPS) is 13.7. The Hall–Kier alpha value is -2.40. The van der Waals surface area contributed by atoms with Crippen molar-refractivity contribution in [2.45, 2.75) is 38.7 Å². The third-order valence-corrected chi connectivity index (χ3v) is 5.00. The Balaban J connectivity index is 2.23. The molecule has 2 aromatic carbocycles. The van der Waals surface area contributed by atoms with Crippen LogP contribution in [0.4, 0.5) is 0 Å². The first kappa shape index (κ1) is 22.9. The average molecular weight is 397 g/mol. The summed E-state index contributed by atoms with van der Waals surface area (Å²) in [5, 5.41) is 31.9. The molecule has 4 nitrogen and oxygen atoms in total. The fourth-order valence-electron chi connectivity index (χ4n) is 3.59. The zero-order valence-corrected chi connectivity index (χ0v) is 17.4. The van der Waals surface area contributed by atoms with E-state index in [9.17, 15) is 15.3 Å². The van der Waals surface area contributed by atoms with Crippen molar-refractivity contribution in [1.29, 1.82) is 0 Å². The molecule has 0 spiro atoms. The lowest BCUT2D eigenvalue weighted by Crippen LogP contribution is -2.15. The summed E-state index contributed by atoms with van der Waals surface area (Å²) >= 11 is 0. The largest absolute Gasteiger partial charge is 0.507 e. The highest BCUT2D eigenvalue weighted by molar-refractivity contribution is 5.94. The maximum Gasteiger partial charge on any atom is 0.123 e. The molecule has 156 valence electrons. The Bertz CT molecular complexity index is 880. The van der Waals surface area contributed by atoms with Gasteiger partial charge in [0.2, 0.25) is 0 Å². The highest BCUT2D eigenvalue weighted by atomic mass is 16.5. The number of methoxy groups -OCH3 is 1. The Morgan fingerprint density at radius 1 is 1.14 bits per heavy atom. The van der Waals surface area contributed by atoms with Crippen LogP contribution in [-0.2, 0) is 4.74 Å². The van der Waals surface area contributed by atoms with Crippen LogP contribution in [0.15, 0.2) is 65.8 Å². The highest BCUT2D eigenvalue weighted by Gasteiger charge is 2.15. The van der Waals surface area contributed by atoms with E-state index in [1.807, 2.05) is 30.3 Å². The van der Waals surface area contributed by atoms with Gasteiger partial charge in [0, 0.05) is 12.5 Å². The molecular weight excluding hydrogens is 364 g/mol. The first-order chi connectivity index (χ1) is 14.0. The second-order valence-corrected chi connectivity index (χ2v) is 7.21. The molecule has 0 bridgehead atoms. The third kappa shape index (κ3) is 6.29. The first-order valence-corrected chi connectivity index (χ1v) is 10.1. The minimum absolute atomic E-state index is 0.147. The van der Waals surface area contributed by atoms with E-state index >= 15 is 0 Å². The summed E-state index contributed by atoms with van der Waals surface area (Å²) in [6.45, 7) is 6.26. The van der Waals surface area contributed by atoms with Crippen molar-refractivity contribution in [3.63, 3.8) is 0 Å². The lowest BCUT2D eigenvalue weighted by atomic mass is 9.93. The molecule has 0 saturated heterocycles. The molecule has 0 aliphatic carbocycles. The van der Waals surface area contributed by atoms with Crippen LogP contribution in [0.3, 0.4) is 0 Å². The van der Waals surface area contributed by atoms with Crippen LogP contribution in [0.1, 0.15) is 38.2 Å². The van der Waals surface area contributed by atoms with E-state index < -0.39 is 6.10 Å². The Morgan fingerprint density at radius 2 is 1.86 bits per heavy atom. The van der Waals surface area contributed by atoms with E-state index in [1.165, 1.54) is 5.57 Å². The molecule has 0 fully saturated rings. The SMILES string of the molecule is C=C(COC)/C(=C/CO)C(O)CC/C(=C/c1ccc(O)c2ccccc12)CCC. The highest BCUT2D eigenvalue weighted by Crippen LogP contribution is 2.30. The first-order valence-electron chi connectivity index (χ1n) is 10.1. The summed E-state index contributed by atoms with van der Waals surface area (Å²) in [5.41, 5.74) is 3.62. The molecule has 0 saturated carbocycles. The van der Waals surface area contributed by atoms with E-state index in [0.717, 1.165) is 35.6 Å². The van der Waals surface area contributed by atoms with Crippen LogP contribution >= 0.6 is 0 Å². The topological polar surface area (TPSA) is 69.9 Å². The van der Waals surface area contributed by atoms with Gasteiger partial charge in [0.05, 0.1) is 19.3 Å². The molecule has 0 radical (unpaired) electrons. The number of phenolic OH excluding ortho intramolecular Hbond substituents is 1. The van der Waals surface area contributed by atoms with Gasteiger partial charge in [-0.05, 0) is 47.4 Å². The second kappa shape index (κ2) is 11.6. The molecule has 0 amide bonds. The molecule has 0 heterocycles. The van der Waals surface area contributed by atoms with Gasteiger partial charge >= 0.3 is 0 Å². The molecule has 0 aliphatic rings. The molecule has 29 heavy (non-hydrogen) atoms. The van der Waals surface area contributed by atoms with Crippen molar-refractivity contribution in [3.8, 4) is 5.75 Å². The van der Waals surface area contributed by atoms with E-state index in [2.05, 4.69) is 19.6 Å². The van der Waals surface area contributed by atoms with Crippen LogP contribution in [0.2, 0.25) is 0 Å². The van der Waals surface area contributed by atoms with Crippen LogP contribution in [0, 0.1) is 0 Å². The van der Waals surface area contributed by atoms with Gasteiger partial charge in [-0.2, -0.15) is 0 Å². The number of rotatable bonds is 11. The lowest BCUT2D eigenvalue weighted by molar-refractivity contribution is 0.189. The molecule has 2 rings (SSSR count). The molecule has 1 unspecified atom stereocenters. The Labute approximate surface area is 173 Å². The summed E-state index contributed by atoms with van der Waals surface area (Å²) in [6, 6.07) is 11.5. The number of aliphatic hydroxyl groups is 2. The Morgan fingerprint density at radius 3 is 2.52 bits per heavy atom. The monoisotopic (exact) mass is 396 g/mol. The number of aromatic hydroxyl groups is 1. The number of ether oxygens (including phenoxy) is 1. The van der Waals surface area contributed by atoms with E-state index in [-0.39, 0.29) is 12.4 Å². The van der Waals surface area contributed by atoms with Crippen LogP contribution in [-0.4, -0.2) is 41.7 Å². The third-order valence-electron chi connectivity index (χ3n) is 5.00. The van der Waals surface area contributed by atoms with Crippen LogP contribution in [0.25, 0.3) is 16.8 Å². The van der Waals surface area contributed by atoms with Gasteiger partial charge in [-0.1, -0.05) is 68.0 Å². The summed E-state index contributed by atoms with van der Waals surface area (Å²) in [7, 11) is 1.58. The van der Waals surface area contributed by atoms with E-state index in [4.69, 9.17) is 4.74 Å². The van der Waals surface area contributed by atoms with Gasteiger partial charge in [0.15, 0.2) is 0 Å². The predicted octanol–water partition coefficient (Wildman–Crippen LogP) is 4.99. The minimum Gasteiger partial charge on any atom is -0.507 e. The molecule has 3 N–H and O–H groups in total. The molecule has 4 heteroatoms. The molecule has 2 aromatic rings. The summed E-state index contributed by atoms with van der Waals surface area (Å²) < 4.78 is 5.11. The maximum atomic E-state index is 10.7. The average Bonchev–Trinajstić information content (AvgIpc) is 2.72. The number of benzene rings is 2. The zero-order valence-electron chi connectivity index (χ0n) is 17.4. The number of hydrogen-bond acceptors (Lipinski definition) is 4. The minimum atomic E-state index is -0.707. The standard InChI is InChI=1S/C25H32O4/c1-4-7-19(10-12-24(27)21(14-15-26)18(2)17-29-3)16-20-11-13-25(28)23-9-6-5-8-22(20)23/h5-6,8-9,11,13-14,16,24,26-28H,2,4,7,10,12,15,17H2,1,3H3/b19-16+,21-14-. The van der Waals surface area contributed by atoms with Crippen LogP contribution < -0.4 is 0 Å². The number of phenols is 1. The zero-order chi connectivity index (χ0) is 21.2. The van der Waals surface area contributed by atoms with E-state index in [0.29, 0.717) is 24.2 Å². The number of fused-ring (bicyclic) bond motifs is 1. The smallest absolute Gasteiger partial charge is 0.123 e. The number of allylic oxidation sites excluding steroid dienone is 1. The molecule has 1 atom stereocenters. The van der Waals surface area contributed by atoms with Gasteiger partial charge < -0.3 is 20.1 Å². The lowest BCUT2D eigenvalue weighted by Gasteiger charge is -2.18. The van der Waals surface area contributed by atoms with Gasteiger partial charge in [0.1, 0.15) is 5.75 Å². The molecular formula is C25H32O4. The fourth-order valence-corrected chi connectivity index (χ4v) is 3.59. The van der Waals surface area contributed by atoms with E-state index in [1.54, 1.807) is 19.3 Å². The molecule has 0 aromatic heterocycles. The maximum absolute atomic E-state index is 10.7. The fraction of sp³-hybridized carbons (Fsp3) is 0.360. The number of hydrogen-bond donors (Lipinski definition) is 3. The second-order valence-electron chi connectivity index (χ2n) is 7.21. The summed E-state index contributed by atoms with van der Waals surface area (Å²) in [6.07, 6.45) is 6.26. The van der Waals surface area contributed by atoms with Crippen molar-refractivity contribution in [3.05, 3.63) is 71.3 Å². The van der Waals surface area contributed by atoms with Crippen molar-refractivity contribution in [1.82, 2.24) is 0 Å². The van der Waals surface area contributed by atoms with Crippen molar-refractivity contribution in [2.75, 3.05) is 20.3 Å². The quantitative estimate of drug-likeness (QED) is 0.468. The van der Waals surface area contributed by atoms with Gasteiger partial charge in [0.25, 0.3) is 0 Å². The van der Waals surface area contributed by atoms with Gasteiger partial charge in [-0.3, -0.25) is 0 Å². The van der Waals surface area contributed by atoms with Gasteiger partial charge in [-0.25, -0.2) is 0 Å². The Kier molecular flexibility index (Phi) is 9.13. The number of aliphatic hydroxyl groups excluding tert-OH is 2. The summed E-state index contributed by atoms with van der Waals surface area (Å²) in [5.74, 6) is 0.278. The van der Waals surface area contributed by atoms with Crippen molar-refractivity contribution < 1.29 is 20.1 Å². The van der Waals surface area contributed by atoms with Crippen molar-refractivity contribution in [2.24, 2.45) is 0 Å². The van der Waals surface area contributed by atoms with Crippen LogP contribution in [0.5, 0.6) is 5.75 Å².